The zero-order valence-corrected chi connectivity index (χ0v) is 13.9. The summed E-state index contributed by atoms with van der Waals surface area (Å²) in [7, 11) is 0. The molecule has 0 spiro atoms. The van der Waals surface area contributed by atoms with Crippen molar-refractivity contribution in [3.63, 3.8) is 0 Å². The molecular formula is C15H22BrN3O2. The van der Waals surface area contributed by atoms with Gasteiger partial charge in [0.15, 0.2) is 0 Å². The van der Waals surface area contributed by atoms with Crippen molar-refractivity contribution in [2.75, 3.05) is 19.6 Å². The van der Waals surface area contributed by atoms with Gasteiger partial charge in [-0.25, -0.2) is 0 Å². The quantitative estimate of drug-likeness (QED) is 0.628. The summed E-state index contributed by atoms with van der Waals surface area (Å²) in [5, 5.41) is 14.5. The molecule has 1 N–H and O–H groups in total. The Balaban J connectivity index is 1.89. The first-order valence-electron chi connectivity index (χ1n) is 7.45. The van der Waals surface area contributed by atoms with E-state index in [1.165, 1.54) is 32.4 Å². The molecule has 1 aromatic rings. The zero-order chi connectivity index (χ0) is 15.2. The number of rotatable bonds is 6. The molecule has 0 aromatic heterocycles. The number of hydrogen-bond donors (Lipinski definition) is 1. The van der Waals surface area contributed by atoms with Crippen LogP contribution in [0.1, 0.15) is 31.7 Å². The van der Waals surface area contributed by atoms with Gasteiger partial charge in [0.05, 0.1) is 4.92 Å². The smallest absolute Gasteiger partial charge is 0.273 e. The highest BCUT2D eigenvalue weighted by Gasteiger charge is 2.16. The molecule has 0 bridgehead atoms. The van der Waals surface area contributed by atoms with Gasteiger partial charge >= 0.3 is 0 Å². The topological polar surface area (TPSA) is 58.4 Å². The Kier molecular flexibility index (Phi) is 6.14. The summed E-state index contributed by atoms with van der Waals surface area (Å²) in [5.74, 6) is 0. The number of nitro groups is 1. The monoisotopic (exact) mass is 355 g/mol. The van der Waals surface area contributed by atoms with Gasteiger partial charge in [-0.1, -0.05) is 22.4 Å². The molecule has 1 unspecified atom stereocenters. The predicted molar refractivity (Wildman–Crippen MR) is 87.4 cm³/mol. The summed E-state index contributed by atoms with van der Waals surface area (Å²) < 4.78 is 0.869. The van der Waals surface area contributed by atoms with Crippen LogP contribution in [0.5, 0.6) is 0 Å². The summed E-state index contributed by atoms with van der Waals surface area (Å²) in [6.45, 7) is 6.00. The van der Waals surface area contributed by atoms with Crippen LogP contribution in [-0.4, -0.2) is 35.5 Å². The Hall–Kier alpha value is -0.980. The Bertz CT molecular complexity index is 490. The van der Waals surface area contributed by atoms with Gasteiger partial charge in [-0.3, -0.25) is 10.1 Å². The molecule has 2 rings (SSSR count). The molecule has 1 atom stereocenters. The molecule has 116 valence electrons. The highest BCUT2D eigenvalue weighted by Crippen LogP contribution is 2.23. The number of halogens is 1. The fourth-order valence-electron chi connectivity index (χ4n) is 2.75. The molecule has 0 aliphatic carbocycles. The van der Waals surface area contributed by atoms with Crippen LogP contribution >= 0.6 is 15.9 Å². The number of piperidine rings is 1. The van der Waals surface area contributed by atoms with E-state index in [-0.39, 0.29) is 10.6 Å². The standard InChI is InChI=1S/C15H22BrN3O2/c1-12(11-18-7-3-2-4-8-18)17-10-13-9-14(16)5-6-15(13)19(20)21/h5-6,9,12,17H,2-4,7-8,10-11H2,1H3. The normalized spacial score (nSPS) is 17.6. The van der Waals surface area contributed by atoms with E-state index in [0.717, 1.165) is 16.6 Å². The van der Waals surface area contributed by atoms with E-state index in [2.05, 4.69) is 33.1 Å². The predicted octanol–water partition coefficient (Wildman–Crippen LogP) is 3.32. The Morgan fingerprint density at radius 2 is 2.10 bits per heavy atom. The average Bonchev–Trinajstić information content (AvgIpc) is 2.46. The lowest BCUT2D eigenvalue weighted by Gasteiger charge is -2.29. The van der Waals surface area contributed by atoms with Crippen molar-refractivity contribution in [2.24, 2.45) is 0 Å². The van der Waals surface area contributed by atoms with Crippen molar-refractivity contribution < 1.29 is 4.92 Å². The van der Waals surface area contributed by atoms with Gasteiger partial charge in [-0.05, 0) is 45.0 Å². The minimum Gasteiger partial charge on any atom is -0.309 e. The minimum absolute atomic E-state index is 0.177. The number of nitrogens with zero attached hydrogens (tertiary/aromatic N) is 2. The molecule has 5 nitrogen and oxygen atoms in total. The second kappa shape index (κ2) is 7.87. The SMILES string of the molecule is CC(CN1CCCCC1)NCc1cc(Br)ccc1[N+](=O)[O-]. The highest BCUT2D eigenvalue weighted by molar-refractivity contribution is 9.10. The molecular weight excluding hydrogens is 334 g/mol. The second-order valence-corrected chi connectivity index (χ2v) is 6.59. The van der Waals surface area contributed by atoms with E-state index < -0.39 is 0 Å². The average molecular weight is 356 g/mol. The van der Waals surface area contributed by atoms with E-state index in [4.69, 9.17) is 0 Å². The van der Waals surface area contributed by atoms with Gasteiger partial charge in [0.2, 0.25) is 0 Å². The Labute approximate surface area is 134 Å². The first kappa shape index (κ1) is 16.4. The third kappa shape index (κ3) is 5.05. The highest BCUT2D eigenvalue weighted by atomic mass is 79.9. The zero-order valence-electron chi connectivity index (χ0n) is 12.3. The molecule has 21 heavy (non-hydrogen) atoms. The molecule has 0 amide bonds. The fourth-order valence-corrected chi connectivity index (χ4v) is 3.16. The minimum atomic E-state index is -0.321. The van der Waals surface area contributed by atoms with Crippen molar-refractivity contribution in [1.82, 2.24) is 10.2 Å². The Morgan fingerprint density at radius 3 is 2.76 bits per heavy atom. The summed E-state index contributed by atoms with van der Waals surface area (Å²) in [6.07, 6.45) is 3.90. The summed E-state index contributed by atoms with van der Waals surface area (Å²) in [6, 6.07) is 5.40. The lowest BCUT2D eigenvalue weighted by molar-refractivity contribution is -0.385. The van der Waals surface area contributed by atoms with Gasteiger partial charge in [0, 0.05) is 35.2 Å². The first-order valence-corrected chi connectivity index (χ1v) is 8.24. The second-order valence-electron chi connectivity index (χ2n) is 5.67. The van der Waals surface area contributed by atoms with Crippen LogP contribution in [0.2, 0.25) is 0 Å². The third-order valence-electron chi connectivity index (χ3n) is 3.86. The van der Waals surface area contributed by atoms with E-state index >= 15 is 0 Å². The number of nitrogens with one attached hydrogen (secondary N) is 1. The van der Waals surface area contributed by atoms with E-state index in [0.29, 0.717) is 12.6 Å². The lowest BCUT2D eigenvalue weighted by Crippen LogP contribution is -2.41. The maximum absolute atomic E-state index is 11.0. The summed E-state index contributed by atoms with van der Waals surface area (Å²) >= 11 is 3.37. The van der Waals surface area contributed by atoms with Gasteiger partial charge in [-0.15, -0.1) is 0 Å². The molecule has 1 fully saturated rings. The number of likely N-dealkylation sites (tertiary alicyclic amines) is 1. The largest absolute Gasteiger partial charge is 0.309 e. The molecule has 0 radical (unpaired) electrons. The molecule has 0 saturated carbocycles. The number of benzene rings is 1. The lowest BCUT2D eigenvalue weighted by atomic mass is 10.1. The molecule has 1 aliphatic rings. The molecule has 1 saturated heterocycles. The van der Waals surface area contributed by atoms with Crippen molar-refractivity contribution in [2.45, 2.75) is 38.8 Å². The van der Waals surface area contributed by atoms with Gasteiger partial charge in [0.1, 0.15) is 0 Å². The molecule has 6 heteroatoms. The number of nitro benzene ring substituents is 1. The van der Waals surface area contributed by atoms with Crippen LogP contribution in [0, 0.1) is 10.1 Å². The van der Waals surface area contributed by atoms with Crippen LogP contribution < -0.4 is 5.32 Å². The van der Waals surface area contributed by atoms with Gasteiger partial charge in [0.25, 0.3) is 5.69 Å². The van der Waals surface area contributed by atoms with Crippen molar-refractivity contribution in [1.29, 1.82) is 0 Å². The Morgan fingerprint density at radius 1 is 1.38 bits per heavy atom. The van der Waals surface area contributed by atoms with E-state index in [9.17, 15) is 10.1 Å². The van der Waals surface area contributed by atoms with Crippen LogP contribution in [0.3, 0.4) is 0 Å². The van der Waals surface area contributed by atoms with Crippen LogP contribution in [0.25, 0.3) is 0 Å². The maximum Gasteiger partial charge on any atom is 0.273 e. The first-order chi connectivity index (χ1) is 10.1. The van der Waals surface area contributed by atoms with E-state index in [1.54, 1.807) is 12.1 Å². The van der Waals surface area contributed by atoms with Gasteiger partial charge in [-0.2, -0.15) is 0 Å². The fraction of sp³-hybridized carbons (Fsp3) is 0.600. The number of hydrogen-bond acceptors (Lipinski definition) is 4. The van der Waals surface area contributed by atoms with Crippen LogP contribution in [0.4, 0.5) is 5.69 Å². The van der Waals surface area contributed by atoms with Gasteiger partial charge < -0.3 is 10.2 Å². The van der Waals surface area contributed by atoms with Crippen LogP contribution in [-0.2, 0) is 6.54 Å². The third-order valence-corrected chi connectivity index (χ3v) is 4.35. The van der Waals surface area contributed by atoms with Crippen molar-refractivity contribution in [3.05, 3.63) is 38.3 Å². The summed E-state index contributed by atoms with van der Waals surface area (Å²) in [5.41, 5.74) is 0.899. The van der Waals surface area contributed by atoms with Crippen molar-refractivity contribution >= 4 is 21.6 Å². The molecule has 1 heterocycles. The molecule has 1 aromatic carbocycles. The molecule has 1 aliphatic heterocycles. The summed E-state index contributed by atoms with van der Waals surface area (Å²) in [4.78, 5) is 13.2. The van der Waals surface area contributed by atoms with E-state index in [1.807, 2.05) is 6.07 Å². The maximum atomic E-state index is 11.0. The van der Waals surface area contributed by atoms with Crippen LogP contribution in [0.15, 0.2) is 22.7 Å². The van der Waals surface area contributed by atoms with Crippen molar-refractivity contribution in [3.8, 4) is 0 Å².